The molecule has 0 saturated heterocycles. The van der Waals surface area contributed by atoms with Gasteiger partial charge in [0, 0.05) is 11.5 Å². The number of nitrogens with zero attached hydrogens (tertiary/aromatic N) is 2. The van der Waals surface area contributed by atoms with E-state index in [0.717, 1.165) is 21.3 Å². The third-order valence-electron chi connectivity index (χ3n) is 3.53. The second-order valence-electron chi connectivity index (χ2n) is 5.35. The molecular weight excluding hydrogens is 404 g/mol. The number of halogens is 1. The molecule has 7 heteroatoms. The number of benzene rings is 2. The second kappa shape index (κ2) is 8.40. The molecule has 0 atom stereocenters. The van der Waals surface area contributed by atoms with Crippen molar-refractivity contribution in [2.75, 3.05) is 26.0 Å². The Morgan fingerprint density at radius 1 is 1.24 bits per heavy atom. The van der Waals surface area contributed by atoms with Crippen LogP contribution in [0.1, 0.15) is 0 Å². The van der Waals surface area contributed by atoms with Crippen LogP contribution in [0.4, 0.5) is 0 Å². The Morgan fingerprint density at radius 3 is 2.76 bits per heavy atom. The zero-order valence-corrected chi connectivity index (χ0v) is 16.0. The number of para-hydroxylation sites is 2. The number of aromatic nitrogens is 1. The largest absolute Gasteiger partial charge is 0.492 e. The van der Waals surface area contributed by atoms with Crippen LogP contribution in [0.15, 0.2) is 62.6 Å². The van der Waals surface area contributed by atoms with E-state index < -0.39 is 0 Å². The molecule has 2 aromatic carbocycles. The lowest BCUT2D eigenvalue weighted by Crippen LogP contribution is -2.32. The van der Waals surface area contributed by atoms with Gasteiger partial charge in [0.2, 0.25) is 5.91 Å². The topological polar surface area (TPSA) is 55.6 Å². The average molecular weight is 421 g/mol. The predicted molar refractivity (Wildman–Crippen MR) is 102 cm³/mol. The maximum atomic E-state index is 12.2. The monoisotopic (exact) mass is 420 g/mol. The van der Waals surface area contributed by atoms with E-state index in [-0.39, 0.29) is 11.7 Å². The van der Waals surface area contributed by atoms with Gasteiger partial charge in [0.15, 0.2) is 5.58 Å². The van der Waals surface area contributed by atoms with Crippen LogP contribution >= 0.6 is 27.7 Å². The van der Waals surface area contributed by atoms with Crippen LogP contribution in [0.25, 0.3) is 11.1 Å². The molecule has 0 fully saturated rings. The van der Waals surface area contributed by atoms with Gasteiger partial charge >= 0.3 is 0 Å². The third-order valence-corrected chi connectivity index (χ3v) is 4.87. The Kier molecular flexibility index (Phi) is 5.99. The molecular formula is C18H17BrN2O3S. The van der Waals surface area contributed by atoms with E-state index in [2.05, 4.69) is 20.9 Å². The first-order chi connectivity index (χ1) is 12.1. The first-order valence-corrected chi connectivity index (χ1v) is 9.50. The number of hydrogen-bond donors (Lipinski definition) is 0. The second-order valence-corrected chi connectivity index (χ2v) is 7.20. The fourth-order valence-electron chi connectivity index (χ4n) is 2.10. The molecule has 0 aliphatic heterocycles. The number of oxazole rings is 1. The van der Waals surface area contributed by atoms with Gasteiger partial charge < -0.3 is 14.1 Å². The van der Waals surface area contributed by atoms with Gasteiger partial charge in [0.25, 0.3) is 5.22 Å². The summed E-state index contributed by atoms with van der Waals surface area (Å²) in [6, 6.07) is 15.2. The van der Waals surface area contributed by atoms with Gasteiger partial charge in [0.05, 0.1) is 12.3 Å². The van der Waals surface area contributed by atoms with Crippen molar-refractivity contribution >= 4 is 44.7 Å². The van der Waals surface area contributed by atoms with E-state index in [1.165, 1.54) is 11.8 Å². The van der Waals surface area contributed by atoms with Crippen molar-refractivity contribution in [2.45, 2.75) is 5.22 Å². The molecule has 5 nitrogen and oxygen atoms in total. The summed E-state index contributed by atoms with van der Waals surface area (Å²) in [5.74, 6) is 1.07. The first kappa shape index (κ1) is 17.8. The molecule has 0 spiro atoms. The summed E-state index contributed by atoms with van der Waals surface area (Å²) in [6.45, 7) is 0.959. The standard InChI is InChI=1S/C18H17BrN2O3S/c1-21(10-11-23-14-8-6-13(19)7-9-14)17(22)12-25-18-20-15-4-2-3-5-16(15)24-18/h2-9H,10-12H2,1H3. The molecule has 0 radical (unpaired) electrons. The van der Waals surface area contributed by atoms with Crippen molar-refractivity contribution in [3.63, 3.8) is 0 Å². The molecule has 3 aromatic rings. The zero-order valence-electron chi connectivity index (χ0n) is 13.6. The van der Waals surface area contributed by atoms with Crippen molar-refractivity contribution in [3.8, 4) is 5.75 Å². The lowest BCUT2D eigenvalue weighted by Gasteiger charge is -2.17. The average Bonchev–Trinajstić information content (AvgIpc) is 3.04. The van der Waals surface area contributed by atoms with Gasteiger partial charge in [-0.1, -0.05) is 39.8 Å². The Labute approximate surface area is 158 Å². The smallest absolute Gasteiger partial charge is 0.257 e. The van der Waals surface area contributed by atoms with E-state index in [9.17, 15) is 4.79 Å². The van der Waals surface area contributed by atoms with Crippen LogP contribution < -0.4 is 4.74 Å². The molecule has 0 aliphatic rings. The van der Waals surface area contributed by atoms with Gasteiger partial charge in [0.1, 0.15) is 17.9 Å². The number of hydrogen-bond acceptors (Lipinski definition) is 5. The fourth-order valence-corrected chi connectivity index (χ4v) is 3.15. The molecule has 0 aliphatic carbocycles. The lowest BCUT2D eigenvalue weighted by molar-refractivity contribution is -0.127. The minimum Gasteiger partial charge on any atom is -0.492 e. The quantitative estimate of drug-likeness (QED) is 0.535. The van der Waals surface area contributed by atoms with Crippen LogP contribution in [0, 0.1) is 0 Å². The highest BCUT2D eigenvalue weighted by molar-refractivity contribution is 9.10. The number of carbonyl (C=O) groups excluding carboxylic acids is 1. The molecule has 3 rings (SSSR count). The van der Waals surface area contributed by atoms with E-state index in [1.54, 1.807) is 11.9 Å². The highest BCUT2D eigenvalue weighted by Gasteiger charge is 2.12. The highest BCUT2D eigenvalue weighted by Crippen LogP contribution is 2.23. The number of amides is 1. The molecule has 0 saturated carbocycles. The van der Waals surface area contributed by atoms with Gasteiger partial charge in [-0.15, -0.1) is 0 Å². The fraction of sp³-hybridized carbons (Fsp3) is 0.222. The summed E-state index contributed by atoms with van der Waals surface area (Å²) >= 11 is 4.68. The SMILES string of the molecule is CN(CCOc1ccc(Br)cc1)C(=O)CSc1nc2ccccc2o1. The minimum atomic E-state index is 0.00617. The molecule has 0 unspecified atom stereocenters. The minimum absolute atomic E-state index is 0.00617. The van der Waals surface area contributed by atoms with Crippen molar-refractivity contribution in [3.05, 3.63) is 53.0 Å². The Morgan fingerprint density at radius 2 is 2.00 bits per heavy atom. The first-order valence-electron chi connectivity index (χ1n) is 7.72. The van der Waals surface area contributed by atoms with Crippen LogP contribution in [-0.2, 0) is 4.79 Å². The Balaban J connectivity index is 1.43. The Hall–Kier alpha value is -1.99. The van der Waals surface area contributed by atoms with Gasteiger partial charge in [-0.05, 0) is 36.4 Å². The maximum absolute atomic E-state index is 12.2. The third kappa shape index (κ3) is 4.99. The van der Waals surface area contributed by atoms with Gasteiger partial charge in [-0.2, -0.15) is 0 Å². The summed E-state index contributed by atoms with van der Waals surface area (Å²) in [7, 11) is 1.76. The lowest BCUT2D eigenvalue weighted by atomic mass is 10.3. The number of ether oxygens (including phenoxy) is 1. The van der Waals surface area contributed by atoms with Crippen LogP contribution in [0.3, 0.4) is 0 Å². The van der Waals surface area contributed by atoms with Crippen molar-refractivity contribution < 1.29 is 13.9 Å². The van der Waals surface area contributed by atoms with Gasteiger partial charge in [-0.3, -0.25) is 4.79 Å². The normalized spacial score (nSPS) is 10.8. The molecule has 0 bridgehead atoms. The van der Waals surface area contributed by atoms with Crippen LogP contribution in [0.2, 0.25) is 0 Å². The zero-order chi connectivity index (χ0) is 17.6. The predicted octanol–water partition coefficient (Wildman–Crippen LogP) is 4.22. The maximum Gasteiger partial charge on any atom is 0.257 e. The summed E-state index contributed by atoms with van der Waals surface area (Å²) in [5, 5.41) is 0.508. The number of carbonyl (C=O) groups is 1. The molecule has 25 heavy (non-hydrogen) atoms. The molecule has 130 valence electrons. The van der Waals surface area contributed by atoms with E-state index in [4.69, 9.17) is 9.15 Å². The molecule has 0 N–H and O–H groups in total. The number of thioether (sulfide) groups is 1. The van der Waals surface area contributed by atoms with E-state index >= 15 is 0 Å². The van der Waals surface area contributed by atoms with Gasteiger partial charge in [-0.25, -0.2) is 4.98 Å². The summed E-state index contributed by atoms with van der Waals surface area (Å²) < 4.78 is 12.2. The van der Waals surface area contributed by atoms with Crippen molar-refractivity contribution in [1.82, 2.24) is 9.88 Å². The van der Waals surface area contributed by atoms with Crippen molar-refractivity contribution in [1.29, 1.82) is 0 Å². The number of fused-ring (bicyclic) bond motifs is 1. The number of likely N-dealkylation sites (N-methyl/N-ethyl adjacent to an activating group) is 1. The van der Waals surface area contributed by atoms with E-state index in [0.29, 0.717) is 18.4 Å². The van der Waals surface area contributed by atoms with E-state index in [1.807, 2.05) is 48.5 Å². The number of rotatable bonds is 7. The highest BCUT2D eigenvalue weighted by atomic mass is 79.9. The molecule has 1 amide bonds. The summed E-state index contributed by atoms with van der Waals surface area (Å²) in [6.07, 6.45) is 0. The Bertz CT molecular complexity index is 818. The summed E-state index contributed by atoms with van der Waals surface area (Å²) in [4.78, 5) is 18.2. The summed E-state index contributed by atoms with van der Waals surface area (Å²) in [5.41, 5.74) is 1.53. The van der Waals surface area contributed by atoms with Crippen LogP contribution in [-0.4, -0.2) is 41.7 Å². The van der Waals surface area contributed by atoms with Crippen molar-refractivity contribution in [2.24, 2.45) is 0 Å². The molecule has 1 aromatic heterocycles. The molecule has 1 heterocycles. The van der Waals surface area contributed by atoms with Crippen LogP contribution in [0.5, 0.6) is 5.75 Å².